The summed E-state index contributed by atoms with van der Waals surface area (Å²) in [5.41, 5.74) is 4.27. The Hall–Kier alpha value is -2.12. The van der Waals surface area contributed by atoms with Gasteiger partial charge in [0.2, 0.25) is 0 Å². The molecular formula is C15H11ClN4O2. The Kier molecular flexibility index (Phi) is 2.46. The van der Waals surface area contributed by atoms with E-state index in [0.717, 1.165) is 5.56 Å². The highest BCUT2D eigenvalue weighted by Crippen LogP contribution is 2.82. The van der Waals surface area contributed by atoms with Crippen LogP contribution >= 0.6 is 11.6 Å². The van der Waals surface area contributed by atoms with Crippen molar-refractivity contribution in [2.24, 2.45) is 21.6 Å². The van der Waals surface area contributed by atoms with Crippen molar-refractivity contribution >= 4 is 17.4 Å². The number of nitrogens with two attached hydrogens (primary N) is 1. The second-order valence-electron chi connectivity index (χ2n) is 5.60. The van der Waals surface area contributed by atoms with Crippen molar-refractivity contribution in [1.29, 1.82) is 10.5 Å². The summed E-state index contributed by atoms with van der Waals surface area (Å²) in [4.78, 5) is 4.21. The normalized spacial score (nSPS) is 37.2. The fraction of sp³-hybridized carbons (Fsp3) is 0.400. The average molecular weight is 315 g/mol. The zero-order valence-corrected chi connectivity index (χ0v) is 12.2. The van der Waals surface area contributed by atoms with Crippen LogP contribution < -0.4 is 5.73 Å². The van der Waals surface area contributed by atoms with Crippen LogP contribution in [0.4, 0.5) is 0 Å². The highest BCUT2D eigenvalue weighted by molar-refractivity contribution is 6.30. The Labute approximate surface area is 131 Å². The standard InChI is InChI=1S/C15H11ClN4O2/c16-10-3-1-2-9(6-10)11-13(7-17)12(19)20-15(14(11,13)8-18)21-4-5-22-15/h1-3,6,11H,4-5H2,(H2,19,20). The maximum Gasteiger partial charge on any atom is 0.293 e. The van der Waals surface area contributed by atoms with Gasteiger partial charge in [-0.25, -0.2) is 4.99 Å². The molecule has 0 bridgehead atoms. The van der Waals surface area contributed by atoms with Crippen LogP contribution in [-0.4, -0.2) is 25.0 Å². The van der Waals surface area contributed by atoms with E-state index < -0.39 is 22.7 Å². The third kappa shape index (κ3) is 1.17. The summed E-state index contributed by atoms with van der Waals surface area (Å²) in [6.07, 6.45) is 0. The Morgan fingerprint density at radius 1 is 1.27 bits per heavy atom. The molecule has 1 saturated heterocycles. The number of amidine groups is 1. The number of nitrogens with zero attached hydrogens (tertiary/aromatic N) is 3. The lowest BCUT2D eigenvalue weighted by Gasteiger charge is -2.25. The summed E-state index contributed by atoms with van der Waals surface area (Å²) in [5.74, 6) is -1.89. The molecule has 3 atom stereocenters. The first kappa shape index (κ1) is 13.5. The minimum Gasteiger partial charge on any atom is -0.386 e. The lowest BCUT2D eigenvalue weighted by molar-refractivity contribution is -0.184. The number of hydrogen-bond acceptors (Lipinski definition) is 6. The Morgan fingerprint density at radius 3 is 2.59 bits per heavy atom. The number of benzene rings is 1. The number of fused-ring (bicyclic) bond motifs is 2. The predicted octanol–water partition coefficient (Wildman–Crippen LogP) is 1.53. The highest BCUT2D eigenvalue weighted by Gasteiger charge is 2.94. The van der Waals surface area contributed by atoms with Gasteiger partial charge in [0.15, 0.2) is 5.41 Å². The van der Waals surface area contributed by atoms with Crippen molar-refractivity contribution in [1.82, 2.24) is 0 Å². The van der Waals surface area contributed by atoms with E-state index in [0.29, 0.717) is 18.2 Å². The lowest BCUT2D eigenvalue weighted by Crippen LogP contribution is -2.38. The van der Waals surface area contributed by atoms with Crippen molar-refractivity contribution in [2.45, 2.75) is 11.8 Å². The maximum atomic E-state index is 9.88. The molecule has 110 valence electrons. The molecule has 7 heteroatoms. The van der Waals surface area contributed by atoms with E-state index in [1.807, 2.05) is 6.07 Å². The minimum absolute atomic E-state index is 0.0865. The number of ether oxygens (including phenoxy) is 2. The van der Waals surface area contributed by atoms with Gasteiger partial charge in [0, 0.05) is 10.9 Å². The summed E-state index contributed by atoms with van der Waals surface area (Å²) in [6.45, 7) is 0.619. The maximum absolute atomic E-state index is 9.88. The Morgan fingerprint density at radius 2 is 2.00 bits per heavy atom. The third-order valence-electron chi connectivity index (χ3n) is 4.79. The number of halogens is 1. The third-order valence-corrected chi connectivity index (χ3v) is 5.02. The van der Waals surface area contributed by atoms with Gasteiger partial charge in [0.25, 0.3) is 5.91 Å². The number of aliphatic imine (C=N–C) groups is 1. The zero-order valence-electron chi connectivity index (χ0n) is 11.4. The number of rotatable bonds is 1. The van der Waals surface area contributed by atoms with Gasteiger partial charge < -0.3 is 15.2 Å². The molecule has 3 aliphatic rings. The number of hydrogen-bond donors (Lipinski definition) is 1. The van der Waals surface area contributed by atoms with E-state index in [4.69, 9.17) is 26.8 Å². The molecule has 4 rings (SSSR count). The van der Waals surface area contributed by atoms with Gasteiger partial charge in [0.1, 0.15) is 11.3 Å². The summed E-state index contributed by atoms with van der Waals surface area (Å²) < 4.78 is 11.3. The van der Waals surface area contributed by atoms with Gasteiger partial charge in [-0.2, -0.15) is 10.5 Å². The van der Waals surface area contributed by atoms with Gasteiger partial charge in [0.05, 0.1) is 25.4 Å². The Balaban J connectivity index is 1.94. The summed E-state index contributed by atoms with van der Waals surface area (Å²) >= 11 is 6.05. The first-order chi connectivity index (χ1) is 10.6. The van der Waals surface area contributed by atoms with E-state index in [9.17, 15) is 10.5 Å². The van der Waals surface area contributed by atoms with Crippen molar-refractivity contribution in [3.63, 3.8) is 0 Å². The van der Waals surface area contributed by atoms with Crippen LogP contribution in [0.1, 0.15) is 11.5 Å². The van der Waals surface area contributed by atoms with Crippen LogP contribution in [0.15, 0.2) is 29.3 Å². The quantitative estimate of drug-likeness (QED) is 0.846. The van der Waals surface area contributed by atoms with Gasteiger partial charge >= 0.3 is 0 Å². The van der Waals surface area contributed by atoms with Gasteiger partial charge in [-0.3, -0.25) is 0 Å². The molecule has 2 heterocycles. The topological polar surface area (TPSA) is 104 Å². The SMILES string of the molecule is N#CC12C(N)=NC3(OCCO3)C1(C#N)C2c1cccc(Cl)c1. The molecule has 1 aliphatic carbocycles. The summed E-state index contributed by atoms with van der Waals surface area (Å²) in [7, 11) is 0. The predicted molar refractivity (Wildman–Crippen MR) is 76.5 cm³/mol. The van der Waals surface area contributed by atoms with Gasteiger partial charge in [-0.15, -0.1) is 0 Å². The molecule has 0 aromatic heterocycles. The zero-order chi connectivity index (χ0) is 15.6. The lowest BCUT2D eigenvalue weighted by atomic mass is 9.94. The van der Waals surface area contributed by atoms with E-state index in [1.54, 1.807) is 18.2 Å². The Bertz CT molecular complexity index is 789. The molecule has 0 amide bonds. The molecule has 1 saturated carbocycles. The molecule has 2 aliphatic heterocycles. The van der Waals surface area contributed by atoms with Crippen molar-refractivity contribution in [2.75, 3.05) is 13.2 Å². The van der Waals surface area contributed by atoms with E-state index in [-0.39, 0.29) is 5.84 Å². The molecule has 2 fully saturated rings. The molecule has 1 spiro atoms. The van der Waals surface area contributed by atoms with Crippen LogP contribution in [0.2, 0.25) is 5.02 Å². The van der Waals surface area contributed by atoms with Crippen molar-refractivity contribution in [3.8, 4) is 12.1 Å². The smallest absolute Gasteiger partial charge is 0.293 e. The van der Waals surface area contributed by atoms with Crippen molar-refractivity contribution < 1.29 is 9.47 Å². The monoisotopic (exact) mass is 314 g/mol. The molecule has 6 nitrogen and oxygen atoms in total. The van der Waals surface area contributed by atoms with Gasteiger partial charge in [-0.1, -0.05) is 23.7 Å². The molecule has 2 N–H and O–H groups in total. The fourth-order valence-electron chi connectivity index (χ4n) is 3.90. The first-order valence-corrected chi connectivity index (χ1v) is 7.17. The molecule has 1 aromatic carbocycles. The van der Waals surface area contributed by atoms with Crippen molar-refractivity contribution in [3.05, 3.63) is 34.9 Å². The molecule has 1 aromatic rings. The van der Waals surface area contributed by atoms with Gasteiger partial charge in [-0.05, 0) is 17.7 Å². The van der Waals surface area contributed by atoms with Crippen LogP contribution in [0.5, 0.6) is 0 Å². The van der Waals surface area contributed by atoms with Crippen LogP contribution in [-0.2, 0) is 9.47 Å². The molecular weight excluding hydrogens is 304 g/mol. The second kappa shape index (κ2) is 3.99. The summed E-state index contributed by atoms with van der Waals surface area (Å²) in [5, 5.41) is 20.2. The van der Waals surface area contributed by atoms with Crippen LogP contribution in [0.25, 0.3) is 0 Å². The molecule has 0 radical (unpaired) electrons. The molecule has 3 unspecified atom stereocenters. The first-order valence-electron chi connectivity index (χ1n) is 6.80. The fourth-order valence-corrected chi connectivity index (χ4v) is 4.10. The number of nitriles is 2. The highest BCUT2D eigenvalue weighted by atomic mass is 35.5. The van der Waals surface area contributed by atoms with Crippen LogP contribution in [0, 0.1) is 33.5 Å². The van der Waals surface area contributed by atoms with E-state index in [1.165, 1.54) is 0 Å². The minimum atomic E-state index is -1.49. The average Bonchev–Trinajstić information content (AvgIpc) is 2.77. The van der Waals surface area contributed by atoms with E-state index in [2.05, 4.69) is 17.1 Å². The largest absolute Gasteiger partial charge is 0.386 e. The van der Waals surface area contributed by atoms with E-state index >= 15 is 0 Å². The van der Waals surface area contributed by atoms with Crippen LogP contribution in [0.3, 0.4) is 0 Å². The second-order valence-corrected chi connectivity index (χ2v) is 6.04. The molecule has 22 heavy (non-hydrogen) atoms. The summed E-state index contributed by atoms with van der Waals surface area (Å²) in [6, 6.07) is 11.5.